The van der Waals surface area contributed by atoms with Crippen LogP contribution in [0.5, 0.6) is 11.6 Å². The second-order valence-corrected chi connectivity index (χ2v) is 7.29. The summed E-state index contributed by atoms with van der Waals surface area (Å²) < 4.78 is 5.77. The highest BCUT2D eigenvalue weighted by atomic mass is 35.5. The van der Waals surface area contributed by atoms with Crippen molar-refractivity contribution in [1.82, 2.24) is 20.2 Å². The third-order valence-corrected chi connectivity index (χ3v) is 4.91. The van der Waals surface area contributed by atoms with E-state index in [0.717, 1.165) is 31.7 Å². The highest BCUT2D eigenvalue weighted by Crippen LogP contribution is 2.33. The Kier molecular flexibility index (Phi) is 4.08. The molecule has 8 nitrogen and oxygen atoms in total. The fourth-order valence-corrected chi connectivity index (χ4v) is 3.17. The average molecular weight is 374 g/mol. The maximum Gasteiger partial charge on any atom is 0.266 e. The Labute approximate surface area is 155 Å². The van der Waals surface area contributed by atoms with E-state index in [-0.39, 0.29) is 5.54 Å². The second kappa shape index (κ2) is 6.30. The summed E-state index contributed by atoms with van der Waals surface area (Å²) >= 11 is 6.15. The quantitative estimate of drug-likeness (QED) is 0.604. The number of benzene rings is 1. The Morgan fingerprint density at radius 1 is 1.31 bits per heavy atom. The van der Waals surface area contributed by atoms with Crippen LogP contribution < -0.4 is 21.1 Å². The Balaban J connectivity index is 1.58. The molecule has 0 aliphatic carbocycles. The summed E-state index contributed by atoms with van der Waals surface area (Å²) in [6.07, 6.45) is 3.56. The maximum atomic E-state index is 6.19. The lowest BCUT2D eigenvalue weighted by atomic mass is 9.91. The molecule has 3 heterocycles. The number of nitrogens with zero attached hydrogens (tertiary/aromatic N) is 4. The molecule has 0 saturated carbocycles. The number of rotatable bonds is 3. The number of H-pyrrole nitrogens is 1. The zero-order valence-electron chi connectivity index (χ0n) is 14.4. The van der Waals surface area contributed by atoms with Crippen molar-refractivity contribution in [1.29, 1.82) is 0 Å². The third-order valence-electron chi connectivity index (χ3n) is 4.62. The Morgan fingerprint density at radius 3 is 2.81 bits per heavy atom. The van der Waals surface area contributed by atoms with Gasteiger partial charge < -0.3 is 21.1 Å². The van der Waals surface area contributed by atoms with Gasteiger partial charge in [-0.15, -0.1) is 5.10 Å². The first-order valence-electron chi connectivity index (χ1n) is 8.39. The Bertz CT molecular complexity index is 945. The van der Waals surface area contributed by atoms with Gasteiger partial charge in [0.15, 0.2) is 11.2 Å². The van der Waals surface area contributed by atoms with Crippen LogP contribution in [0.2, 0.25) is 5.02 Å². The molecule has 1 aromatic carbocycles. The molecular formula is C17H20ClN7O. The van der Waals surface area contributed by atoms with Gasteiger partial charge in [0.25, 0.3) is 5.88 Å². The van der Waals surface area contributed by atoms with E-state index in [0.29, 0.717) is 33.5 Å². The van der Waals surface area contributed by atoms with Gasteiger partial charge in [-0.1, -0.05) is 11.6 Å². The SMILES string of the molecule is CC1(N)CCN(c2cnc3c(Oc4ccc(N)cc4Cl)n[nH]c3n2)CC1. The van der Waals surface area contributed by atoms with Gasteiger partial charge in [0, 0.05) is 24.3 Å². The number of halogens is 1. The molecule has 1 aliphatic heterocycles. The molecule has 5 N–H and O–H groups in total. The molecule has 9 heteroatoms. The number of aromatic amines is 1. The molecule has 0 bridgehead atoms. The molecule has 1 aliphatic rings. The summed E-state index contributed by atoms with van der Waals surface area (Å²) in [5.41, 5.74) is 13.4. The number of anilines is 2. The number of piperidine rings is 1. The predicted molar refractivity (Wildman–Crippen MR) is 102 cm³/mol. The van der Waals surface area contributed by atoms with Gasteiger partial charge in [-0.3, -0.25) is 5.10 Å². The summed E-state index contributed by atoms with van der Waals surface area (Å²) in [7, 11) is 0. The van der Waals surface area contributed by atoms with Crippen LogP contribution in [0.1, 0.15) is 19.8 Å². The van der Waals surface area contributed by atoms with Crippen LogP contribution in [0.4, 0.5) is 11.5 Å². The van der Waals surface area contributed by atoms with Gasteiger partial charge in [0.2, 0.25) is 0 Å². The molecule has 2 aromatic heterocycles. The lowest BCUT2D eigenvalue weighted by Crippen LogP contribution is -2.48. The van der Waals surface area contributed by atoms with Crippen LogP contribution in [0.3, 0.4) is 0 Å². The van der Waals surface area contributed by atoms with E-state index in [1.807, 2.05) is 0 Å². The first-order valence-corrected chi connectivity index (χ1v) is 8.77. The number of hydrogen-bond acceptors (Lipinski definition) is 7. The van der Waals surface area contributed by atoms with Crippen LogP contribution >= 0.6 is 11.6 Å². The van der Waals surface area contributed by atoms with Crippen LogP contribution in [0.25, 0.3) is 11.2 Å². The molecule has 136 valence electrons. The Morgan fingerprint density at radius 2 is 2.08 bits per heavy atom. The number of nitrogens with two attached hydrogens (primary N) is 2. The monoisotopic (exact) mass is 373 g/mol. The van der Waals surface area contributed by atoms with Gasteiger partial charge in [0.05, 0.1) is 11.2 Å². The van der Waals surface area contributed by atoms with Gasteiger partial charge in [-0.25, -0.2) is 9.97 Å². The first kappa shape index (κ1) is 16.9. The summed E-state index contributed by atoms with van der Waals surface area (Å²) in [5, 5.41) is 7.44. The first-order chi connectivity index (χ1) is 12.4. The van der Waals surface area contributed by atoms with E-state index in [4.69, 9.17) is 27.8 Å². The summed E-state index contributed by atoms with van der Waals surface area (Å²) in [4.78, 5) is 11.3. The molecule has 0 atom stereocenters. The summed E-state index contributed by atoms with van der Waals surface area (Å²) in [5.74, 6) is 1.58. The van der Waals surface area contributed by atoms with Crippen molar-refractivity contribution >= 4 is 34.3 Å². The number of nitrogen functional groups attached to an aromatic ring is 1. The van der Waals surface area contributed by atoms with Crippen LogP contribution in [0.15, 0.2) is 24.4 Å². The minimum atomic E-state index is -0.110. The number of ether oxygens (including phenoxy) is 1. The van der Waals surface area contributed by atoms with Crippen LogP contribution in [-0.4, -0.2) is 38.8 Å². The average Bonchev–Trinajstić information content (AvgIpc) is 2.99. The van der Waals surface area contributed by atoms with Crippen molar-refractivity contribution in [3.8, 4) is 11.6 Å². The smallest absolute Gasteiger partial charge is 0.266 e. The highest BCUT2D eigenvalue weighted by Gasteiger charge is 2.27. The number of nitrogens with one attached hydrogen (secondary N) is 1. The fourth-order valence-electron chi connectivity index (χ4n) is 2.95. The molecular weight excluding hydrogens is 354 g/mol. The van der Waals surface area contributed by atoms with Crippen LogP contribution in [-0.2, 0) is 0 Å². The van der Waals surface area contributed by atoms with Crippen molar-refractivity contribution in [2.24, 2.45) is 5.73 Å². The molecule has 4 rings (SSSR count). The van der Waals surface area contributed by atoms with E-state index in [1.165, 1.54) is 0 Å². The van der Waals surface area contributed by atoms with Crippen LogP contribution in [0, 0.1) is 0 Å². The predicted octanol–water partition coefficient (Wildman–Crippen LogP) is 2.70. The molecule has 0 unspecified atom stereocenters. The third kappa shape index (κ3) is 3.25. The van der Waals surface area contributed by atoms with Crippen molar-refractivity contribution in [3.05, 3.63) is 29.4 Å². The zero-order chi connectivity index (χ0) is 18.3. The number of fused-ring (bicyclic) bond motifs is 1. The largest absolute Gasteiger partial charge is 0.434 e. The van der Waals surface area contributed by atoms with Crippen molar-refractivity contribution in [2.75, 3.05) is 23.7 Å². The summed E-state index contributed by atoms with van der Waals surface area (Å²) in [6, 6.07) is 5.02. The van der Waals surface area contributed by atoms with Gasteiger partial charge in [0.1, 0.15) is 11.6 Å². The normalized spacial score (nSPS) is 16.8. The molecule has 26 heavy (non-hydrogen) atoms. The molecule has 0 amide bonds. The van der Waals surface area contributed by atoms with E-state index >= 15 is 0 Å². The number of hydrogen-bond donors (Lipinski definition) is 3. The highest BCUT2D eigenvalue weighted by molar-refractivity contribution is 6.32. The minimum absolute atomic E-state index is 0.110. The van der Waals surface area contributed by atoms with Crippen molar-refractivity contribution < 1.29 is 4.74 Å². The van der Waals surface area contributed by atoms with E-state index in [1.54, 1.807) is 24.4 Å². The standard InChI is InChI=1S/C17H20ClN7O/c1-17(20)4-6-25(7-5-17)13-9-21-14-15(22-13)23-24-16(14)26-12-3-2-10(19)8-11(12)18/h2-3,8-9H,4-7,19-20H2,1H3,(H,22,23,24). The van der Waals surface area contributed by atoms with E-state index in [9.17, 15) is 0 Å². The lowest BCUT2D eigenvalue weighted by Gasteiger charge is -2.37. The molecule has 0 radical (unpaired) electrons. The molecule has 0 spiro atoms. The maximum absolute atomic E-state index is 6.19. The van der Waals surface area contributed by atoms with E-state index in [2.05, 4.69) is 32.0 Å². The number of aromatic nitrogens is 4. The fraction of sp³-hybridized carbons (Fsp3) is 0.353. The zero-order valence-corrected chi connectivity index (χ0v) is 15.1. The molecule has 1 saturated heterocycles. The van der Waals surface area contributed by atoms with Gasteiger partial charge in [-0.05, 0) is 38.0 Å². The summed E-state index contributed by atoms with van der Waals surface area (Å²) in [6.45, 7) is 3.79. The van der Waals surface area contributed by atoms with Crippen molar-refractivity contribution in [2.45, 2.75) is 25.3 Å². The Hall–Kier alpha value is -2.58. The van der Waals surface area contributed by atoms with E-state index < -0.39 is 0 Å². The lowest BCUT2D eigenvalue weighted by molar-refractivity contribution is 0.363. The molecule has 3 aromatic rings. The van der Waals surface area contributed by atoms with Gasteiger partial charge >= 0.3 is 0 Å². The second-order valence-electron chi connectivity index (χ2n) is 6.89. The van der Waals surface area contributed by atoms with Gasteiger partial charge in [-0.2, -0.15) is 0 Å². The topological polar surface area (TPSA) is 119 Å². The minimum Gasteiger partial charge on any atom is -0.434 e. The van der Waals surface area contributed by atoms with Crippen molar-refractivity contribution in [3.63, 3.8) is 0 Å². The molecule has 1 fully saturated rings.